The predicted octanol–water partition coefficient (Wildman–Crippen LogP) is 6.26. The first-order valence-electron chi connectivity index (χ1n) is 13.2. The van der Waals surface area contributed by atoms with Crippen LogP contribution in [0.15, 0.2) is 72.8 Å². The molecule has 4 rings (SSSR count). The van der Waals surface area contributed by atoms with Gasteiger partial charge in [0, 0.05) is 12.6 Å². The van der Waals surface area contributed by atoms with Gasteiger partial charge >= 0.3 is 12.3 Å². The molecular weight excluding hydrogens is 582 g/mol. The topological polar surface area (TPSA) is 129 Å². The van der Waals surface area contributed by atoms with Crippen molar-refractivity contribution in [3.05, 3.63) is 112 Å². The Hall–Kier alpha value is -5.22. The van der Waals surface area contributed by atoms with E-state index in [1.165, 1.54) is 48.5 Å². The van der Waals surface area contributed by atoms with Crippen LogP contribution in [0, 0.1) is 17.1 Å². The number of halogens is 4. The maximum atomic E-state index is 14.8. The van der Waals surface area contributed by atoms with Crippen LogP contribution in [0.3, 0.4) is 0 Å². The average molecular weight is 610 g/mol. The molecule has 2 amide bonds. The first-order valence-corrected chi connectivity index (χ1v) is 13.2. The third-order valence-corrected chi connectivity index (χ3v) is 6.13. The summed E-state index contributed by atoms with van der Waals surface area (Å²) in [5, 5.41) is 28.2. The van der Waals surface area contributed by atoms with E-state index in [1.807, 2.05) is 6.07 Å². The fourth-order valence-electron chi connectivity index (χ4n) is 4.09. The lowest BCUT2D eigenvalue weighted by atomic mass is 10.00. The van der Waals surface area contributed by atoms with Gasteiger partial charge in [0.25, 0.3) is 5.91 Å². The molecule has 1 heterocycles. The number of nitriles is 1. The lowest BCUT2D eigenvalue weighted by molar-refractivity contribution is -0.141. The fraction of sp³-hybridized carbons (Fsp3) is 0.226. The number of aromatic nitrogens is 2. The van der Waals surface area contributed by atoms with Crippen molar-refractivity contribution in [1.82, 2.24) is 15.1 Å². The number of alkyl halides is 3. The van der Waals surface area contributed by atoms with Gasteiger partial charge in [-0.2, -0.15) is 23.5 Å². The molecule has 0 radical (unpaired) electrons. The number of carbonyl (C=O) groups excluding carboxylic acids is 2. The number of alkyl carbamates (subject to hydrolysis) is 1. The van der Waals surface area contributed by atoms with Gasteiger partial charge in [-0.15, -0.1) is 0 Å². The van der Waals surface area contributed by atoms with E-state index in [-0.39, 0.29) is 17.8 Å². The largest absolute Gasteiger partial charge is 0.444 e. The Bertz CT molecular complexity index is 1720. The highest BCUT2D eigenvalue weighted by molar-refractivity contribution is 6.03. The minimum Gasteiger partial charge on any atom is -0.444 e. The Kier molecular flexibility index (Phi) is 9.05. The van der Waals surface area contributed by atoms with E-state index in [0.717, 1.165) is 16.8 Å². The summed E-state index contributed by atoms with van der Waals surface area (Å²) in [7, 11) is 0. The van der Waals surface area contributed by atoms with Crippen LogP contribution in [0.1, 0.15) is 65.3 Å². The van der Waals surface area contributed by atoms with E-state index >= 15 is 0 Å². The SMILES string of the molecule is CC(C)(C)OC(=O)NCc1cccc(-n2nc(C(F)(F)F)cc2C(=O)Nc2cc(C(O)c3ccc(C#N)cc3)ccc2F)c1. The number of aliphatic hydroxyl groups is 1. The van der Waals surface area contributed by atoms with Gasteiger partial charge < -0.3 is 20.5 Å². The summed E-state index contributed by atoms with van der Waals surface area (Å²) >= 11 is 0. The molecule has 3 aromatic carbocycles. The molecule has 0 fully saturated rings. The van der Waals surface area contributed by atoms with Crippen LogP contribution in [0.2, 0.25) is 0 Å². The van der Waals surface area contributed by atoms with Crippen molar-refractivity contribution >= 4 is 17.7 Å². The van der Waals surface area contributed by atoms with Crippen molar-refractivity contribution in [3.63, 3.8) is 0 Å². The van der Waals surface area contributed by atoms with Crippen LogP contribution in [-0.4, -0.2) is 32.5 Å². The van der Waals surface area contributed by atoms with Crippen LogP contribution >= 0.6 is 0 Å². The van der Waals surface area contributed by atoms with Crippen molar-refractivity contribution < 1.29 is 37.0 Å². The second-order valence-electron chi connectivity index (χ2n) is 10.7. The summed E-state index contributed by atoms with van der Waals surface area (Å²) in [5.41, 5.74) is -1.55. The van der Waals surface area contributed by atoms with Crippen molar-refractivity contribution in [2.24, 2.45) is 0 Å². The van der Waals surface area contributed by atoms with E-state index in [2.05, 4.69) is 15.7 Å². The van der Waals surface area contributed by atoms with Gasteiger partial charge in [0.15, 0.2) is 5.69 Å². The molecule has 1 aromatic heterocycles. The third kappa shape index (κ3) is 7.78. The lowest BCUT2D eigenvalue weighted by Crippen LogP contribution is -2.32. The Morgan fingerprint density at radius 1 is 1.02 bits per heavy atom. The number of anilines is 1. The van der Waals surface area contributed by atoms with E-state index < -0.39 is 52.8 Å². The van der Waals surface area contributed by atoms with Crippen LogP contribution in [0.4, 0.5) is 28.0 Å². The summed E-state index contributed by atoms with van der Waals surface area (Å²) in [5.74, 6) is -2.00. The van der Waals surface area contributed by atoms with E-state index in [0.29, 0.717) is 22.8 Å². The summed E-state index contributed by atoms with van der Waals surface area (Å²) in [6.45, 7) is 5.04. The molecule has 0 saturated carbocycles. The Labute approximate surface area is 249 Å². The van der Waals surface area contributed by atoms with Gasteiger partial charge in [0.1, 0.15) is 23.2 Å². The maximum Gasteiger partial charge on any atom is 0.435 e. The molecule has 13 heteroatoms. The van der Waals surface area contributed by atoms with Crippen LogP contribution in [0.5, 0.6) is 0 Å². The number of nitrogens with one attached hydrogen (secondary N) is 2. The third-order valence-electron chi connectivity index (χ3n) is 6.13. The van der Waals surface area contributed by atoms with Crippen molar-refractivity contribution in [3.8, 4) is 11.8 Å². The molecule has 9 nitrogen and oxygen atoms in total. The molecule has 1 atom stereocenters. The molecule has 44 heavy (non-hydrogen) atoms. The quantitative estimate of drug-likeness (QED) is 0.212. The number of hydrogen-bond donors (Lipinski definition) is 3. The van der Waals surface area contributed by atoms with Crippen LogP contribution in [0.25, 0.3) is 5.69 Å². The molecule has 0 aliphatic rings. The number of aliphatic hydroxyl groups excluding tert-OH is 1. The zero-order valence-electron chi connectivity index (χ0n) is 23.7. The normalized spacial score (nSPS) is 12.2. The summed E-state index contributed by atoms with van der Waals surface area (Å²) in [4.78, 5) is 25.3. The summed E-state index contributed by atoms with van der Waals surface area (Å²) < 4.78 is 61.7. The zero-order chi connectivity index (χ0) is 32.2. The van der Waals surface area contributed by atoms with E-state index in [9.17, 15) is 32.3 Å². The molecule has 0 saturated heterocycles. The summed E-state index contributed by atoms with van der Waals surface area (Å²) in [6, 6.07) is 17.9. The molecule has 0 bridgehead atoms. The first kappa shape index (κ1) is 31.7. The average Bonchev–Trinajstić information content (AvgIpc) is 3.43. The van der Waals surface area contributed by atoms with Crippen molar-refractivity contribution in [1.29, 1.82) is 5.26 Å². The first-order chi connectivity index (χ1) is 20.6. The number of carbonyl (C=O) groups is 2. The number of rotatable bonds is 7. The van der Waals surface area contributed by atoms with Gasteiger partial charge in [-0.3, -0.25) is 4.79 Å². The molecule has 3 N–H and O–H groups in total. The molecule has 228 valence electrons. The highest BCUT2D eigenvalue weighted by Gasteiger charge is 2.36. The molecule has 0 spiro atoms. The van der Waals surface area contributed by atoms with E-state index in [1.54, 1.807) is 26.8 Å². The number of benzene rings is 3. The second-order valence-corrected chi connectivity index (χ2v) is 10.7. The Morgan fingerprint density at radius 3 is 2.34 bits per heavy atom. The zero-order valence-corrected chi connectivity index (χ0v) is 23.7. The standard InChI is InChI=1S/C31H27F4N5O4/c1-30(2,3)44-29(43)37-17-19-5-4-6-22(13-19)40-25(15-26(39-40)31(33,34)35)28(42)38-24-14-21(11-12-23(24)32)27(41)20-9-7-18(16-36)8-10-20/h4-15,27,41H,17H2,1-3H3,(H,37,43)(H,38,42). The minimum atomic E-state index is -4.90. The fourth-order valence-corrected chi connectivity index (χ4v) is 4.09. The molecular formula is C31H27F4N5O4. The smallest absolute Gasteiger partial charge is 0.435 e. The second kappa shape index (κ2) is 12.6. The Balaban J connectivity index is 1.62. The molecule has 0 aliphatic carbocycles. The highest BCUT2D eigenvalue weighted by Crippen LogP contribution is 2.31. The number of amides is 2. The van der Waals surface area contributed by atoms with Crippen LogP contribution < -0.4 is 10.6 Å². The Morgan fingerprint density at radius 2 is 1.70 bits per heavy atom. The lowest BCUT2D eigenvalue weighted by Gasteiger charge is -2.19. The van der Waals surface area contributed by atoms with Crippen molar-refractivity contribution in [2.75, 3.05) is 5.32 Å². The highest BCUT2D eigenvalue weighted by atomic mass is 19.4. The maximum absolute atomic E-state index is 14.8. The van der Waals surface area contributed by atoms with Crippen molar-refractivity contribution in [2.45, 2.75) is 45.2 Å². The predicted molar refractivity (Wildman–Crippen MR) is 151 cm³/mol. The van der Waals surface area contributed by atoms with Gasteiger partial charge in [-0.25, -0.2) is 13.9 Å². The number of ether oxygens (including phenoxy) is 1. The van der Waals surface area contributed by atoms with E-state index in [4.69, 9.17) is 10.00 Å². The van der Waals surface area contributed by atoms with Gasteiger partial charge in [-0.1, -0.05) is 30.3 Å². The van der Waals surface area contributed by atoms with Crippen LogP contribution in [-0.2, 0) is 17.5 Å². The molecule has 0 aliphatic heterocycles. The van der Waals surface area contributed by atoms with Gasteiger partial charge in [-0.05, 0) is 73.9 Å². The summed E-state index contributed by atoms with van der Waals surface area (Å²) in [6.07, 6.45) is -6.85. The number of hydrogen-bond acceptors (Lipinski definition) is 6. The molecule has 1 unspecified atom stereocenters. The molecule has 4 aromatic rings. The van der Waals surface area contributed by atoms with Gasteiger partial charge in [0.05, 0.1) is 23.0 Å². The van der Waals surface area contributed by atoms with Gasteiger partial charge in [0.2, 0.25) is 0 Å². The monoisotopic (exact) mass is 609 g/mol. The number of nitrogens with zero attached hydrogens (tertiary/aromatic N) is 3. The minimum absolute atomic E-state index is 0.0305.